The van der Waals surface area contributed by atoms with Crippen molar-refractivity contribution in [3.8, 4) is 0 Å². The van der Waals surface area contributed by atoms with E-state index in [-0.39, 0.29) is 35.2 Å². The molecule has 0 radical (unpaired) electrons. The van der Waals surface area contributed by atoms with Gasteiger partial charge in [-0.1, -0.05) is 0 Å². The molecular formula is C19H25N3O4S. The van der Waals surface area contributed by atoms with E-state index in [1.165, 1.54) is 4.31 Å². The van der Waals surface area contributed by atoms with Gasteiger partial charge < -0.3 is 10.2 Å². The molecule has 1 aromatic rings. The smallest absolute Gasteiger partial charge is 0.243 e. The van der Waals surface area contributed by atoms with Crippen LogP contribution in [0.5, 0.6) is 0 Å². The minimum Gasteiger partial charge on any atom is -0.353 e. The molecule has 1 saturated carbocycles. The molecule has 8 heteroatoms. The van der Waals surface area contributed by atoms with Crippen molar-refractivity contribution in [2.75, 3.05) is 24.5 Å². The summed E-state index contributed by atoms with van der Waals surface area (Å²) in [6, 6.07) is 6.79. The zero-order valence-electron chi connectivity index (χ0n) is 15.3. The largest absolute Gasteiger partial charge is 0.353 e. The summed E-state index contributed by atoms with van der Waals surface area (Å²) in [6.07, 6.45) is 4.82. The van der Waals surface area contributed by atoms with Crippen LogP contribution in [0.15, 0.2) is 29.2 Å². The van der Waals surface area contributed by atoms with Crippen LogP contribution in [0.4, 0.5) is 5.69 Å². The summed E-state index contributed by atoms with van der Waals surface area (Å²) in [7, 11) is -3.65. The molecule has 0 bridgehead atoms. The highest BCUT2D eigenvalue weighted by molar-refractivity contribution is 7.89. The molecule has 3 aliphatic rings. The molecule has 0 aromatic heterocycles. The number of anilines is 1. The van der Waals surface area contributed by atoms with Crippen LogP contribution in [0.25, 0.3) is 0 Å². The molecule has 146 valence electrons. The van der Waals surface area contributed by atoms with Crippen molar-refractivity contribution in [1.82, 2.24) is 9.62 Å². The maximum Gasteiger partial charge on any atom is 0.243 e. The highest BCUT2D eigenvalue weighted by Crippen LogP contribution is 2.28. The normalized spacial score (nSPS) is 24.2. The van der Waals surface area contributed by atoms with Crippen LogP contribution in [0.1, 0.15) is 38.5 Å². The second-order valence-electron chi connectivity index (χ2n) is 7.63. The zero-order valence-corrected chi connectivity index (χ0v) is 16.1. The predicted octanol–water partition coefficient (Wildman–Crippen LogP) is 1.49. The molecule has 2 heterocycles. The van der Waals surface area contributed by atoms with E-state index < -0.39 is 10.0 Å². The molecule has 2 amide bonds. The molecule has 7 nitrogen and oxygen atoms in total. The van der Waals surface area contributed by atoms with Gasteiger partial charge in [0.2, 0.25) is 21.8 Å². The minimum absolute atomic E-state index is 0.0275. The van der Waals surface area contributed by atoms with Gasteiger partial charge in [0, 0.05) is 37.8 Å². The lowest BCUT2D eigenvalue weighted by molar-refractivity contribution is -0.126. The third kappa shape index (κ3) is 3.87. The van der Waals surface area contributed by atoms with Crippen LogP contribution in [0.3, 0.4) is 0 Å². The molecular weight excluding hydrogens is 366 g/mol. The fourth-order valence-electron chi connectivity index (χ4n) is 3.79. The average Bonchev–Trinajstić information content (AvgIpc) is 3.39. The third-order valence-corrected chi connectivity index (χ3v) is 7.42. The van der Waals surface area contributed by atoms with E-state index in [1.54, 1.807) is 29.2 Å². The van der Waals surface area contributed by atoms with Crippen LogP contribution in [-0.4, -0.2) is 50.2 Å². The number of rotatable bonds is 5. The van der Waals surface area contributed by atoms with E-state index in [2.05, 4.69) is 5.32 Å². The molecule has 2 saturated heterocycles. The minimum atomic E-state index is -3.65. The number of carbonyl (C=O) groups excluding carboxylic acids is 2. The summed E-state index contributed by atoms with van der Waals surface area (Å²) < 4.78 is 27.4. The first kappa shape index (κ1) is 18.4. The SMILES string of the molecule is O=C(NC1CC1)[C@H]1CCCN(S(=O)(=O)c2ccc(N3CCCC3=O)cc2)C1. The van der Waals surface area contributed by atoms with Gasteiger partial charge in [-0.3, -0.25) is 9.59 Å². The van der Waals surface area contributed by atoms with Gasteiger partial charge in [0.15, 0.2) is 0 Å². The van der Waals surface area contributed by atoms with E-state index in [0.29, 0.717) is 25.9 Å². The highest BCUT2D eigenvalue weighted by Gasteiger charge is 2.35. The molecule has 1 aromatic carbocycles. The number of hydrogen-bond donors (Lipinski definition) is 1. The Bertz CT molecular complexity index is 833. The monoisotopic (exact) mass is 391 g/mol. The van der Waals surface area contributed by atoms with Gasteiger partial charge in [-0.05, 0) is 56.4 Å². The number of nitrogens with one attached hydrogen (secondary N) is 1. The van der Waals surface area contributed by atoms with Crippen molar-refractivity contribution in [2.45, 2.75) is 49.5 Å². The van der Waals surface area contributed by atoms with Crippen molar-refractivity contribution in [1.29, 1.82) is 0 Å². The number of hydrogen-bond acceptors (Lipinski definition) is 4. The average molecular weight is 391 g/mol. The first-order valence-corrected chi connectivity index (χ1v) is 11.1. The molecule has 27 heavy (non-hydrogen) atoms. The van der Waals surface area contributed by atoms with Gasteiger partial charge in [-0.2, -0.15) is 4.31 Å². The number of piperidine rings is 1. The van der Waals surface area contributed by atoms with Gasteiger partial charge in [0.05, 0.1) is 10.8 Å². The quantitative estimate of drug-likeness (QED) is 0.824. The van der Waals surface area contributed by atoms with E-state index in [9.17, 15) is 18.0 Å². The molecule has 1 aliphatic carbocycles. The summed E-state index contributed by atoms with van der Waals surface area (Å²) in [4.78, 5) is 26.1. The van der Waals surface area contributed by atoms with Crippen LogP contribution in [0, 0.1) is 5.92 Å². The van der Waals surface area contributed by atoms with E-state index in [4.69, 9.17) is 0 Å². The number of amides is 2. The Hall–Kier alpha value is -1.93. The highest BCUT2D eigenvalue weighted by atomic mass is 32.2. The molecule has 0 spiro atoms. The van der Waals surface area contributed by atoms with E-state index >= 15 is 0 Å². The second kappa shape index (κ2) is 7.24. The van der Waals surface area contributed by atoms with Crippen molar-refractivity contribution in [3.63, 3.8) is 0 Å². The summed E-state index contributed by atoms with van der Waals surface area (Å²) >= 11 is 0. The molecule has 1 N–H and O–H groups in total. The van der Waals surface area contributed by atoms with Gasteiger partial charge in [-0.15, -0.1) is 0 Å². The lowest BCUT2D eigenvalue weighted by Crippen LogP contribution is -2.45. The Labute approximate surface area is 159 Å². The molecule has 2 aliphatic heterocycles. The first-order valence-electron chi connectivity index (χ1n) is 9.66. The Morgan fingerprint density at radius 1 is 1.04 bits per heavy atom. The van der Waals surface area contributed by atoms with Gasteiger partial charge in [0.1, 0.15) is 0 Å². The summed E-state index contributed by atoms with van der Waals surface area (Å²) in [5, 5.41) is 2.98. The summed E-state index contributed by atoms with van der Waals surface area (Å²) in [6.45, 7) is 1.34. The van der Waals surface area contributed by atoms with E-state index in [0.717, 1.165) is 31.4 Å². The number of benzene rings is 1. The van der Waals surface area contributed by atoms with Crippen LogP contribution in [0.2, 0.25) is 0 Å². The molecule has 0 unspecified atom stereocenters. The Kier molecular flexibility index (Phi) is 4.94. The maximum atomic E-state index is 13.0. The lowest BCUT2D eigenvalue weighted by Gasteiger charge is -2.31. The molecule has 3 fully saturated rings. The Morgan fingerprint density at radius 2 is 1.78 bits per heavy atom. The third-order valence-electron chi connectivity index (χ3n) is 5.54. The van der Waals surface area contributed by atoms with Crippen LogP contribution >= 0.6 is 0 Å². The summed E-state index contributed by atoms with van der Waals surface area (Å²) in [5.41, 5.74) is 0.733. The van der Waals surface area contributed by atoms with Gasteiger partial charge in [0.25, 0.3) is 0 Å². The van der Waals surface area contributed by atoms with Crippen LogP contribution in [-0.2, 0) is 19.6 Å². The van der Waals surface area contributed by atoms with E-state index in [1.807, 2.05) is 0 Å². The Balaban J connectivity index is 1.46. The van der Waals surface area contributed by atoms with Crippen molar-refractivity contribution < 1.29 is 18.0 Å². The standard InChI is InChI=1S/C19H25N3O4S/c23-18-4-2-12-22(18)16-7-9-17(10-8-16)27(25,26)21-11-1-3-14(13-21)19(24)20-15-5-6-15/h7-10,14-15H,1-6,11-13H2,(H,20,24)/t14-/m0/s1. The Morgan fingerprint density at radius 3 is 2.41 bits per heavy atom. The fourth-order valence-corrected chi connectivity index (χ4v) is 5.31. The summed E-state index contributed by atoms with van der Waals surface area (Å²) in [5.74, 6) is -0.234. The lowest BCUT2D eigenvalue weighted by atomic mass is 9.99. The van der Waals surface area contributed by atoms with Gasteiger partial charge in [-0.25, -0.2) is 8.42 Å². The van der Waals surface area contributed by atoms with Crippen molar-refractivity contribution >= 4 is 27.5 Å². The topological polar surface area (TPSA) is 86.8 Å². The maximum absolute atomic E-state index is 13.0. The first-order chi connectivity index (χ1) is 12.9. The van der Waals surface area contributed by atoms with Crippen LogP contribution < -0.4 is 10.2 Å². The number of carbonyl (C=O) groups is 2. The predicted molar refractivity (Wildman–Crippen MR) is 101 cm³/mol. The zero-order chi connectivity index (χ0) is 19.0. The van der Waals surface area contributed by atoms with Crippen molar-refractivity contribution in [3.05, 3.63) is 24.3 Å². The fraction of sp³-hybridized carbons (Fsp3) is 0.579. The second-order valence-corrected chi connectivity index (χ2v) is 9.57. The van der Waals surface area contributed by atoms with Gasteiger partial charge >= 0.3 is 0 Å². The molecule has 4 rings (SSSR count). The molecule has 1 atom stereocenters. The number of sulfonamides is 1. The van der Waals surface area contributed by atoms with Crippen molar-refractivity contribution in [2.24, 2.45) is 5.92 Å². The number of nitrogens with zero attached hydrogens (tertiary/aromatic N) is 2.